The highest BCUT2D eigenvalue weighted by Crippen LogP contribution is 2.13. The standard InChI is InChI=1S/C11H14INO/c1-8(14)11(2,13)7-9-3-5-10(12)6-4-9/h3-6H,7,13H2,1-2H3. The van der Waals surface area contributed by atoms with Crippen LogP contribution in [0.4, 0.5) is 0 Å². The fourth-order valence-corrected chi connectivity index (χ4v) is 1.51. The Labute approximate surface area is 98.0 Å². The van der Waals surface area contributed by atoms with E-state index in [0.29, 0.717) is 6.42 Å². The molecule has 1 aromatic rings. The first-order valence-electron chi connectivity index (χ1n) is 4.46. The third kappa shape index (κ3) is 3.06. The molecule has 0 amide bonds. The Balaban J connectivity index is 2.79. The zero-order valence-corrected chi connectivity index (χ0v) is 10.5. The molecule has 1 unspecified atom stereocenters. The van der Waals surface area contributed by atoms with Crippen LogP contribution in [0, 0.1) is 3.57 Å². The van der Waals surface area contributed by atoms with Crippen LogP contribution in [0.3, 0.4) is 0 Å². The molecule has 0 saturated carbocycles. The van der Waals surface area contributed by atoms with E-state index in [1.807, 2.05) is 24.3 Å². The van der Waals surface area contributed by atoms with Gasteiger partial charge in [-0.2, -0.15) is 0 Å². The van der Waals surface area contributed by atoms with Crippen molar-refractivity contribution in [2.24, 2.45) is 5.73 Å². The van der Waals surface area contributed by atoms with Gasteiger partial charge in [-0.15, -0.1) is 0 Å². The minimum atomic E-state index is -0.743. The molecule has 0 spiro atoms. The van der Waals surface area contributed by atoms with Gasteiger partial charge >= 0.3 is 0 Å². The molecule has 0 aliphatic carbocycles. The summed E-state index contributed by atoms with van der Waals surface area (Å²) in [5, 5.41) is 0. The Kier molecular flexibility index (Phi) is 3.66. The molecular formula is C11H14INO. The second-order valence-corrected chi connectivity index (χ2v) is 5.02. The molecule has 0 saturated heterocycles. The molecule has 76 valence electrons. The Morgan fingerprint density at radius 2 is 1.93 bits per heavy atom. The van der Waals surface area contributed by atoms with Crippen LogP contribution in [0.25, 0.3) is 0 Å². The van der Waals surface area contributed by atoms with Gasteiger partial charge < -0.3 is 5.73 Å². The molecule has 0 aliphatic heterocycles. The van der Waals surface area contributed by atoms with E-state index >= 15 is 0 Å². The summed E-state index contributed by atoms with van der Waals surface area (Å²) < 4.78 is 1.19. The Bertz CT molecular complexity index is 330. The number of hydrogen-bond acceptors (Lipinski definition) is 2. The van der Waals surface area contributed by atoms with E-state index in [-0.39, 0.29) is 5.78 Å². The average molecular weight is 303 g/mol. The first-order chi connectivity index (χ1) is 6.42. The lowest BCUT2D eigenvalue weighted by Crippen LogP contribution is -2.45. The highest BCUT2D eigenvalue weighted by atomic mass is 127. The third-order valence-electron chi connectivity index (χ3n) is 2.29. The summed E-state index contributed by atoms with van der Waals surface area (Å²) in [6, 6.07) is 8.06. The van der Waals surface area contributed by atoms with Crippen molar-refractivity contribution in [1.29, 1.82) is 0 Å². The summed E-state index contributed by atoms with van der Waals surface area (Å²) in [5.74, 6) is 0.0241. The normalized spacial score (nSPS) is 14.9. The third-order valence-corrected chi connectivity index (χ3v) is 3.01. The lowest BCUT2D eigenvalue weighted by molar-refractivity contribution is -0.121. The second-order valence-electron chi connectivity index (χ2n) is 3.78. The number of halogens is 1. The zero-order chi connectivity index (χ0) is 10.8. The molecule has 3 heteroatoms. The van der Waals surface area contributed by atoms with E-state index < -0.39 is 5.54 Å². The van der Waals surface area contributed by atoms with E-state index in [1.54, 1.807) is 6.92 Å². The van der Waals surface area contributed by atoms with Crippen molar-refractivity contribution in [2.45, 2.75) is 25.8 Å². The first kappa shape index (κ1) is 11.7. The zero-order valence-electron chi connectivity index (χ0n) is 8.38. The summed E-state index contributed by atoms with van der Waals surface area (Å²) in [6.07, 6.45) is 0.596. The molecule has 14 heavy (non-hydrogen) atoms. The predicted molar refractivity (Wildman–Crippen MR) is 66.1 cm³/mol. The molecular weight excluding hydrogens is 289 g/mol. The number of carbonyl (C=O) groups is 1. The minimum Gasteiger partial charge on any atom is -0.319 e. The van der Waals surface area contributed by atoms with E-state index in [0.717, 1.165) is 5.56 Å². The van der Waals surface area contributed by atoms with Gasteiger partial charge in [-0.05, 0) is 60.6 Å². The average Bonchev–Trinajstić information content (AvgIpc) is 2.08. The Morgan fingerprint density at radius 1 is 1.43 bits per heavy atom. The number of nitrogens with two attached hydrogens (primary N) is 1. The van der Waals surface area contributed by atoms with E-state index in [2.05, 4.69) is 22.6 Å². The molecule has 0 radical (unpaired) electrons. The number of rotatable bonds is 3. The second kappa shape index (κ2) is 4.40. The van der Waals surface area contributed by atoms with Crippen molar-refractivity contribution in [3.63, 3.8) is 0 Å². The van der Waals surface area contributed by atoms with Crippen molar-refractivity contribution in [1.82, 2.24) is 0 Å². The van der Waals surface area contributed by atoms with Gasteiger partial charge in [0.1, 0.15) is 5.78 Å². The van der Waals surface area contributed by atoms with Crippen molar-refractivity contribution in [3.8, 4) is 0 Å². The largest absolute Gasteiger partial charge is 0.319 e. The lowest BCUT2D eigenvalue weighted by Gasteiger charge is -2.20. The van der Waals surface area contributed by atoms with Gasteiger partial charge in [0, 0.05) is 3.57 Å². The molecule has 0 fully saturated rings. The fraction of sp³-hybridized carbons (Fsp3) is 0.364. The van der Waals surface area contributed by atoms with Crippen molar-refractivity contribution < 1.29 is 4.79 Å². The molecule has 0 heterocycles. The number of Topliss-reactive ketones (excluding diaryl/α,β-unsaturated/α-hetero) is 1. The van der Waals surface area contributed by atoms with E-state index in [9.17, 15) is 4.79 Å². The van der Waals surface area contributed by atoms with Gasteiger partial charge in [0.15, 0.2) is 0 Å². The molecule has 2 N–H and O–H groups in total. The molecule has 0 bridgehead atoms. The highest BCUT2D eigenvalue weighted by molar-refractivity contribution is 14.1. The maximum absolute atomic E-state index is 11.2. The lowest BCUT2D eigenvalue weighted by atomic mass is 9.90. The summed E-state index contributed by atoms with van der Waals surface area (Å²) in [7, 11) is 0. The van der Waals surface area contributed by atoms with Crippen LogP contribution < -0.4 is 5.73 Å². The van der Waals surface area contributed by atoms with Gasteiger partial charge in [-0.3, -0.25) is 4.79 Å². The Hall–Kier alpha value is -0.420. The van der Waals surface area contributed by atoms with Crippen molar-refractivity contribution >= 4 is 28.4 Å². The fourth-order valence-electron chi connectivity index (χ4n) is 1.15. The number of benzene rings is 1. The highest BCUT2D eigenvalue weighted by Gasteiger charge is 2.24. The predicted octanol–water partition coefficient (Wildman–Crippen LogP) is 2.14. The smallest absolute Gasteiger partial charge is 0.149 e. The van der Waals surface area contributed by atoms with Crippen LogP contribution in [0.2, 0.25) is 0 Å². The van der Waals surface area contributed by atoms with Gasteiger partial charge in [-0.25, -0.2) is 0 Å². The van der Waals surface area contributed by atoms with Gasteiger partial charge in [-0.1, -0.05) is 12.1 Å². The Morgan fingerprint density at radius 3 is 2.36 bits per heavy atom. The van der Waals surface area contributed by atoms with Crippen molar-refractivity contribution in [2.75, 3.05) is 0 Å². The maximum Gasteiger partial charge on any atom is 0.149 e. The summed E-state index contributed by atoms with van der Waals surface area (Å²) in [4.78, 5) is 11.2. The van der Waals surface area contributed by atoms with Crippen LogP contribution in [0.15, 0.2) is 24.3 Å². The van der Waals surface area contributed by atoms with Crippen LogP contribution in [-0.2, 0) is 11.2 Å². The van der Waals surface area contributed by atoms with Gasteiger partial charge in [0.2, 0.25) is 0 Å². The molecule has 1 rings (SSSR count). The monoisotopic (exact) mass is 303 g/mol. The number of hydrogen-bond donors (Lipinski definition) is 1. The van der Waals surface area contributed by atoms with Crippen LogP contribution >= 0.6 is 22.6 Å². The number of carbonyl (C=O) groups excluding carboxylic acids is 1. The van der Waals surface area contributed by atoms with Crippen LogP contribution in [-0.4, -0.2) is 11.3 Å². The van der Waals surface area contributed by atoms with E-state index in [4.69, 9.17) is 5.73 Å². The SMILES string of the molecule is CC(=O)C(C)(N)Cc1ccc(I)cc1. The van der Waals surface area contributed by atoms with Crippen molar-refractivity contribution in [3.05, 3.63) is 33.4 Å². The molecule has 0 aliphatic rings. The summed E-state index contributed by atoms with van der Waals surface area (Å²) in [5.41, 5.74) is 6.24. The number of ketones is 1. The first-order valence-corrected chi connectivity index (χ1v) is 5.54. The van der Waals surface area contributed by atoms with Crippen LogP contribution in [0.5, 0.6) is 0 Å². The van der Waals surface area contributed by atoms with E-state index in [1.165, 1.54) is 10.5 Å². The van der Waals surface area contributed by atoms with Crippen LogP contribution in [0.1, 0.15) is 19.4 Å². The minimum absolute atomic E-state index is 0.0241. The molecule has 0 aromatic heterocycles. The summed E-state index contributed by atoms with van der Waals surface area (Å²) in [6.45, 7) is 3.31. The quantitative estimate of drug-likeness (QED) is 0.869. The molecule has 2 nitrogen and oxygen atoms in total. The maximum atomic E-state index is 11.2. The summed E-state index contributed by atoms with van der Waals surface area (Å²) >= 11 is 2.25. The molecule has 1 atom stereocenters. The van der Waals surface area contributed by atoms with Gasteiger partial charge in [0.25, 0.3) is 0 Å². The molecule has 1 aromatic carbocycles. The van der Waals surface area contributed by atoms with Gasteiger partial charge in [0.05, 0.1) is 5.54 Å². The topological polar surface area (TPSA) is 43.1 Å².